The van der Waals surface area contributed by atoms with E-state index in [4.69, 9.17) is 14.2 Å². The number of cyclic esters (lactones) is 1. The molecule has 2 atom stereocenters. The van der Waals surface area contributed by atoms with Gasteiger partial charge in [-0.2, -0.15) is 0 Å². The van der Waals surface area contributed by atoms with E-state index in [0.717, 1.165) is 0 Å². The van der Waals surface area contributed by atoms with Gasteiger partial charge in [0.2, 0.25) is 0 Å². The van der Waals surface area contributed by atoms with Crippen LogP contribution in [0.2, 0.25) is 0 Å². The fourth-order valence-electron chi connectivity index (χ4n) is 3.94. The van der Waals surface area contributed by atoms with Crippen molar-refractivity contribution < 1.29 is 28.5 Å². The number of carbonyl (C=O) groups excluding carboxylic acids is 1. The van der Waals surface area contributed by atoms with Gasteiger partial charge in [-0.05, 0) is 46.3 Å². The summed E-state index contributed by atoms with van der Waals surface area (Å²) in [5.41, 5.74) is 2.59. The molecule has 0 bridgehead atoms. The minimum absolute atomic E-state index is 0.0376. The number of hydrogen-bond acceptors (Lipinski definition) is 8. The van der Waals surface area contributed by atoms with E-state index in [2.05, 4.69) is 15.5 Å². The summed E-state index contributed by atoms with van der Waals surface area (Å²) in [7, 11) is 4.80. The maximum atomic E-state index is 13.8. The second-order valence-electron chi connectivity index (χ2n) is 7.97. The number of aryl methyl sites for hydroxylation is 1. The van der Waals surface area contributed by atoms with Gasteiger partial charge >= 0.3 is 5.97 Å². The molecule has 4 rings (SSSR count). The number of ether oxygens (including phenoxy) is 3. The van der Waals surface area contributed by atoms with Gasteiger partial charge in [0.15, 0.2) is 5.82 Å². The van der Waals surface area contributed by atoms with Crippen molar-refractivity contribution in [3.05, 3.63) is 77.4 Å². The van der Waals surface area contributed by atoms with Crippen molar-refractivity contribution in [2.24, 2.45) is 7.05 Å². The van der Waals surface area contributed by atoms with Gasteiger partial charge in [-0.15, -0.1) is 5.10 Å². The number of methoxy groups -OCH3 is 2. The van der Waals surface area contributed by atoms with E-state index in [-0.39, 0.29) is 18.7 Å². The molecule has 0 radical (unpaired) electrons. The van der Waals surface area contributed by atoms with Crippen LogP contribution in [0.3, 0.4) is 0 Å². The number of aromatic nitrogens is 4. The van der Waals surface area contributed by atoms with E-state index in [1.165, 1.54) is 16.8 Å². The Morgan fingerprint density at radius 3 is 2.60 bits per heavy atom. The molecule has 0 spiro atoms. The lowest BCUT2D eigenvalue weighted by molar-refractivity contribution is -0.156. The first-order valence-corrected chi connectivity index (χ1v) is 10.9. The van der Waals surface area contributed by atoms with Crippen molar-refractivity contribution in [1.29, 1.82) is 0 Å². The van der Waals surface area contributed by atoms with Gasteiger partial charge < -0.3 is 19.3 Å². The molecule has 1 saturated heterocycles. The lowest BCUT2D eigenvalue weighted by Gasteiger charge is -2.23. The fraction of sp³-hybridized carbons (Fsp3) is 0.280. The molecule has 182 valence electrons. The Bertz CT molecular complexity index is 1270. The average Bonchev–Trinajstić information content (AvgIpc) is 3.27. The topological polar surface area (TPSA) is 109 Å². The van der Waals surface area contributed by atoms with E-state index in [9.17, 15) is 14.3 Å². The number of aliphatic hydroxyl groups excluding tert-OH is 1. The summed E-state index contributed by atoms with van der Waals surface area (Å²) in [4.78, 5) is 11.8. The van der Waals surface area contributed by atoms with Crippen LogP contribution in [-0.2, 0) is 16.6 Å². The van der Waals surface area contributed by atoms with Crippen molar-refractivity contribution in [3.8, 4) is 11.5 Å². The highest BCUT2D eigenvalue weighted by molar-refractivity contribution is 6.02. The number of benzene rings is 2. The molecule has 0 aliphatic carbocycles. The third kappa shape index (κ3) is 5.38. The molecule has 1 aromatic heterocycles. The molecule has 3 aromatic rings. The highest BCUT2D eigenvalue weighted by Crippen LogP contribution is 2.39. The lowest BCUT2D eigenvalue weighted by atomic mass is 9.91. The van der Waals surface area contributed by atoms with Crippen LogP contribution >= 0.6 is 0 Å². The van der Waals surface area contributed by atoms with Gasteiger partial charge in [0.1, 0.15) is 23.4 Å². The highest BCUT2D eigenvalue weighted by Gasteiger charge is 2.26. The second-order valence-corrected chi connectivity index (χ2v) is 7.97. The van der Waals surface area contributed by atoms with Gasteiger partial charge in [-0.3, -0.25) is 4.79 Å². The number of tetrazole rings is 1. The molecule has 1 fully saturated rings. The molecule has 9 nitrogen and oxygen atoms in total. The quantitative estimate of drug-likeness (QED) is 0.406. The monoisotopic (exact) mass is 480 g/mol. The van der Waals surface area contributed by atoms with Gasteiger partial charge in [-0.1, -0.05) is 18.2 Å². The van der Waals surface area contributed by atoms with Crippen LogP contribution in [0.15, 0.2) is 54.6 Å². The third-order valence-electron chi connectivity index (χ3n) is 5.61. The number of aliphatic hydroxyl groups is 1. The maximum Gasteiger partial charge on any atom is 0.309 e. The molecule has 1 aliphatic rings. The zero-order chi connectivity index (χ0) is 24.9. The molecule has 1 N–H and O–H groups in total. The SMILES string of the molecule is COc1ccc(C(=C(/C=C/[C@@H]2C[C@@H](O)CC(=O)O2)c2nnnn2C)c2ccc(F)cc2)c(OC)c1. The Hall–Kier alpha value is -4.05. The first-order chi connectivity index (χ1) is 16.9. The van der Waals surface area contributed by atoms with E-state index >= 15 is 0 Å². The molecule has 35 heavy (non-hydrogen) atoms. The number of nitrogens with zero attached hydrogens (tertiary/aromatic N) is 4. The Kier molecular flexibility index (Phi) is 7.21. The van der Waals surface area contributed by atoms with E-state index < -0.39 is 18.2 Å². The number of esters is 1. The van der Waals surface area contributed by atoms with Crippen LogP contribution in [0.25, 0.3) is 11.1 Å². The molecule has 1 aliphatic heterocycles. The normalized spacial score (nSPS) is 18.8. The standard InChI is InChI=1S/C25H25FN4O5/c1-30-25(27-28-29-30)21(11-9-19-12-17(31)13-23(32)35-19)24(15-4-6-16(26)7-5-15)20-10-8-18(33-2)14-22(20)34-3/h4-11,14,17,19,31H,12-13H2,1-3H3/b11-9+,24-21?/t17-,19-/m1/s1. The molecule has 0 unspecified atom stereocenters. The summed E-state index contributed by atoms with van der Waals surface area (Å²) in [6.07, 6.45) is 2.24. The first kappa shape index (κ1) is 24.1. The molecular weight excluding hydrogens is 455 g/mol. The van der Waals surface area contributed by atoms with Crippen LogP contribution in [0.1, 0.15) is 29.8 Å². The molecule has 10 heteroatoms. The number of hydrogen-bond donors (Lipinski definition) is 1. The summed E-state index contributed by atoms with van der Waals surface area (Å²) >= 11 is 0. The van der Waals surface area contributed by atoms with Crippen molar-refractivity contribution in [3.63, 3.8) is 0 Å². The van der Waals surface area contributed by atoms with Gasteiger partial charge in [0.05, 0.1) is 26.7 Å². The predicted molar refractivity (Wildman–Crippen MR) is 125 cm³/mol. The smallest absolute Gasteiger partial charge is 0.309 e. The van der Waals surface area contributed by atoms with Crippen LogP contribution in [-0.4, -0.2) is 57.7 Å². The Labute approximate surface area is 201 Å². The largest absolute Gasteiger partial charge is 0.497 e. The summed E-state index contributed by atoms with van der Waals surface area (Å²) in [5.74, 6) is 0.685. The first-order valence-electron chi connectivity index (χ1n) is 10.9. The molecule has 2 aromatic carbocycles. The Balaban J connectivity index is 1.96. The van der Waals surface area contributed by atoms with Gasteiger partial charge in [-0.25, -0.2) is 9.07 Å². The van der Waals surface area contributed by atoms with E-state index in [1.54, 1.807) is 57.7 Å². The predicted octanol–water partition coefficient (Wildman–Crippen LogP) is 2.95. The molecular formula is C25H25FN4O5. The third-order valence-corrected chi connectivity index (χ3v) is 5.61. The summed E-state index contributed by atoms with van der Waals surface area (Å²) < 4.78 is 31.7. The zero-order valence-corrected chi connectivity index (χ0v) is 19.5. The number of carbonyl (C=O) groups is 1. The fourth-order valence-corrected chi connectivity index (χ4v) is 3.94. The van der Waals surface area contributed by atoms with E-state index in [0.29, 0.717) is 39.6 Å². The van der Waals surface area contributed by atoms with Crippen molar-refractivity contribution in [2.45, 2.75) is 25.0 Å². The van der Waals surface area contributed by atoms with Crippen molar-refractivity contribution >= 4 is 17.1 Å². The second kappa shape index (κ2) is 10.5. The molecule has 0 saturated carbocycles. The Morgan fingerprint density at radius 2 is 1.97 bits per heavy atom. The number of halogens is 1. The minimum atomic E-state index is -0.784. The molecule has 2 heterocycles. The maximum absolute atomic E-state index is 13.8. The van der Waals surface area contributed by atoms with Crippen molar-refractivity contribution in [2.75, 3.05) is 14.2 Å². The summed E-state index contributed by atoms with van der Waals surface area (Å²) in [6, 6.07) is 11.4. The number of allylic oxidation sites excluding steroid dienone is 2. The Morgan fingerprint density at radius 1 is 1.20 bits per heavy atom. The molecule has 0 amide bonds. The van der Waals surface area contributed by atoms with Gasteiger partial charge in [0.25, 0.3) is 0 Å². The average molecular weight is 480 g/mol. The lowest BCUT2D eigenvalue weighted by Crippen LogP contribution is -2.31. The van der Waals surface area contributed by atoms with E-state index in [1.807, 2.05) is 6.07 Å². The zero-order valence-electron chi connectivity index (χ0n) is 19.5. The number of rotatable bonds is 7. The van der Waals surface area contributed by atoms with Crippen LogP contribution in [0, 0.1) is 5.82 Å². The minimum Gasteiger partial charge on any atom is -0.497 e. The van der Waals surface area contributed by atoms with Gasteiger partial charge in [0, 0.05) is 36.2 Å². The van der Waals surface area contributed by atoms with Crippen LogP contribution in [0.4, 0.5) is 4.39 Å². The highest BCUT2D eigenvalue weighted by atomic mass is 19.1. The van der Waals surface area contributed by atoms with Crippen LogP contribution in [0.5, 0.6) is 11.5 Å². The summed E-state index contributed by atoms with van der Waals surface area (Å²) in [6.45, 7) is 0. The van der Waals surface area contributed by atoms with Crippen LogP contribution < -0.4 is 9.47 Å². The van der Waals surface area contributed by atoms with Crippen molar-refractivity contribution in [1.82, 2.24) is 20.2 Å². The summed E-state index contributed by atoms with van der Waals surface area (Å²) in [5, 5.41) is 21.9.